The van der Waals surface area contributed by atoms with Crippen molar-refractivity contribution in [2.45, 2.75) is 58.4 Å². The summed E-state index contributed by atoms with van der Waals surface area (Å²) >= 11 is 0. The van der Waals surface area contributed by atoms with Crippen molar-refractivity contribution >= 4 is 23.6 Å². The summed E-state index contributed by atoms with van der Waals surface area (Å²) in [5.41, 5.74) is 3.52. The molecule has 12 nitrogen and oxygen atoms in total. The van der Waals surface area contributed by atoms with Crippen LogP contribution in [0.5, 0.6) is 17.2 Å². The molecule has 0 bridgehead atoms. The zero-order chi connectivity index (χ0) is 33.2. The van der Waals surface area contributed by atoms with E-state index in [0.717, 1.165) is 36.0 Å². The van der Waals surface area contributed by atoms with Gasteiger partial charge in [0.25, 0.3) is 0 Å². The minimum atomic E-state index is -0.375. The smallest absolute Gasteiger partial charge is 0.409 e. The third kappa shape index (κ3) is 8.02. The molecule has 1 unspecified atom stereocenters. The second-order valence-corrected chi connectivity index (χ2v) is 11.4. The minimum Gasteiger partial charge on any atom is -0.493 e. The average molecular weight is 639 g/mol. The maximum absolute atomic E-state index is 13.5. The number of ether oxygens (including phenoxy) is 4. The molecule has 1 saturated heterocycles. The zero-order valence-electron chi connectivity index (χ0n) is 27.5. The number of hydrogen-bond acceptors (Lipinski definition) is 9. The van der Waals surface area contributed by atoms with E-state index < -0.39 is 0 Å². The van der Waals surface area contributed by atoms with Gasteiger partial charge in [-0.25, -0.2) is 4.79 Å². The van der Waals surface area contributed by atoms with Gasteiger partial charge in [0.05, 0.1) is 39.7 Å². The van der Waals surface area contributed by atoms with E-state index in [4.69, 9.17) is 18.9 Å². The summed E-state index contributed by atoms with van der Waals surface area (Å²) in [7, 11) is 4.70. The number of anilines is 1. The van der Waals surface area contributed by atoms with Crippen LogP contribution in [0.15, 0.2) is 29.1 Å². The predicted octanol–water partition coefficient (Wildman–Crippen LogP) is 4.14. The molecule has 0 saturated carbocycles. The number of nitrogens with one attached hydrogen (secondary N) is 2. The molecule has 0 spiro atoms. The normalized spacial score (nSPS) is 15.5. The van der Waals surface area contributed by atoms with Gasteiger partial charge in [-0.2, -0.15) is 0 Å². The van der Waals surface area contributed by atoms with Crippen molar-refractivity contribution in [3.8, 4) is 28.4 Å². The highest BCUT2D eigenvalue weighted by Gasteiger charge is 2.29. The number of fused-ring (bicyclic) bond motifs is 3. The van der Waals surface area contributed by atoms with Crippen molar-refractivity contribution in [2.75, 3.05) is 66.0 Å². The quantitative estimate of drug-likeness (QED) is 0.329. The van der Waals surface area contributed by atoms with Crippen LogP contribution in [0.25, 0.3) is 11.1 Å². The maximum Gasteiger partial charge on any atom is 0.409 e. The number of aryl methyl sites for hydroxylation is 1. The Balaban J connectivity index is 1.43. The van der Waals surface area contributed by atoms with E-state index in [2.05, 4.69) is 10.6 Å². The number of nitrogens with zero attached hydrogens (tertiary/aromatic N) is 2. The third-order valence-corrected chi connectivity index (χ3v) is 8.46. The minimum absolute atomic E-state index is 0.0913. The molecule has 1 heterocycles. The molecule has 4 rings (SSSR count). The van der Waals surface area contributed by atoms with Gasteiger partial charge in [0.2, 0.25) is 23.0 Å². The van der Waals surface area contributed by atoms with Crippen LogP contribution in [-0.4, -0.2) is 88.4 Å². The van der Waals surface area contributed by atoms with Crippen LogP contribution in [0.1, 0.15) is 63.1 Å². The Bertz CT molecular complexity index is 1470. The lowest BCUT2D eigenvalue weighted by molar-refractivity contribution is -0.133. The van der Waals surface area contributed by atoms with Gasteiger partial charge < -0.3 is 39.4 Å². The first-order valence-electron chi connectivity index (χ1n) is 15.9. The Hall–Kier alpha value is -4.48. The summed E-state index contributed by atoms with van der Waals surface area (Å²) in [6, 6.07) is 6.82. The van der Waals surface area contributed by atoms with Crippen molar-refractivity contribution in [1.29, 1.82) is 0 Å². The highest BCUT2D eigenvalue weighted by atomic mass is 16.6. The molecule has 12 heteroatoms. The Kier molecular flexibility index (Phi) is 12.1. The molecule has 2 aromatic carbocycles. The molecule has 1 fully saturated rings. The fourth-order valence-corrected chi connectivity index (χ4v) is 6.17. The number of methoxy groups -OCH3 is 3. The van der Waals surface area contributed by atoms with E-state index in [1.807, 2.05) is 12.1 Å². The molecule has 0 radical (unpaired) electrons. The van der Waals surface area contributed by atoms with Crippen LogP contribution >= 0.6 is 0 Å². The summed E-state index contributed by atoms with van der Waals surface area (Å²) in [5, 5.41) is 6.30. The molecule has 46 heavy (non-hydrogen) atoms. The summed E-state index contributed by atoms with van der Waals surface area (Å²) in [4.78, 5) is 53.6. The number of hydrogen-bond donors (Lipinski definition) is 2. The second-order valence-electron chi connectivity index (χ2n) is 11.4. The molecule has 1 aliphatic carbocycles. The lowest BCUT2D eigenvalue weighted by Crippen LogP contribution is -2.50. The van der Waals surface area contributed by atoms with E-state index in [9.17, 15) is 19.2 Å². The van der Waals surface area contributed by atoms with Crippen LogP contribution in [0.3, 0.4) is 0 Å². The van der Waals surface area contributed by atoms with Gasteiger partial charge in [-0.05, 0) is 67.5 Å². The molecule has 1 atom stereocenters. The molecular weight excluding hydrogens is 592 g/mol. The van der Waals surface area contributed by atoms with Gasteiger partial charge in [0, 0.05) is 51.6 Å². The first-order chi connectivity index (χ1) is 22.2. The van der Waals surface area contributed by atoms with Crippen LogP contribution in [0, 0.1) is 0 Å². The lowest BCUT2D eigenvalue weighted by atomic mass is 9.95. The van der Waals surface area contributed by atoms with Gasteiger partial charge in [0.15, 0.2) is 11.5 Å². The summed E-state index contributed by atoms with van der Waals surface area (Å²) in [6.45, 7) is 6.14. The highest BCUT2D eigenvalue weighted by Crippen LogP contribution is 2.50. The Morgan fingerprint density at radius 3 is 2.28 bits per heavy atom. The molecule has 250 valence electrons. The SMILES string of the molecule is CCOC(=O)N1CCN(C(=O)CCCCCNc2ccc3c(cc2=O)C(NC(C)=O)CCc2cc(OC)c(OC)c(OC)c2-3)CC1. The number of carbonyl (C=O) groups excluding carboxylic acids is 3. The largest absolute Gasteiger partial charge is 0.493 e. The number of benzene rings is 1. The molecule has 0 aromatic heterocycles. The van der Waals surface area contributed by atoms with Gasteiger partial charge in [-0.1, -0.05) is 12.5 Å². The first-order valence-corrected chi connectivity index (χ1v) is 15.9. The number of rotatable bonds is 12. The van der Waals surface area contributed by atoms with Crippen molar-refractivity contribution in [3.63, 3.8) is 0 Å². The van der Waals surface area contributed by atoms with Crippen molar-refractivity contribution < 1.29 is 33.3 Å². The van der Waals surface area contributed by atoms with Crippen LogP contribution in [0.4, 0.5) is 10.5 Å². The number of amides is 3. The highest BCUT2D eigenvalue weighted by molar-refractivity contribution is 5.84. The van der Waals surface area contributed by atoms with Gasteiger partial charge >= 0.3 is 6.09 Å². The maximum atomic E-state index is 13.5. The second kappa shape index (κ2) is 16.2. The Morgan fingerprint density at radius 2 is 1.63 bits per heavy atom. The van der Waals surface area contributed by atoms with Gasteiger partial charge in [0.1, 0.15) is 0 Å². The van der Waals surface area contributed by atoms with Crippen LogP contribution < -0.4 is 30.3 Å². The Morgan fingerprint density at radius 1 is 0.913 bits per heavy atom. The fraction of sp³-hybridized carbons (Fsp3) is 0.529. The lowest BCUT2D eigenvalue weighted by Gasteiger charge is -2.34. The van der Waals surface area contributed by atoms with Crippen molar-refractivity contribution in [2.24, 2.45) is 0 Å². The van der Waals surface area contributed by atoms with Gasteiger partial charge in [-0.15, -0.1) is 0 Å². The first kappa shape index (κ1) is 34.4. The summed E-state index contributed by atoms with van der Waals surface area (Å²) in [6.07, 6.45) is 3.67. The molecule has 1 aliphatic heterocycles. The zero-order valence-corrected chi connectivity index (χ0v) is 27.5. The molecule has 2 N–H and O–H groups in total. The van der Waals surface area contributed by atoms with Crippen LogP contribution in [0.2, 0.25) is 0 Å². The van der Waals surface area contributed by atoms with E-state index in [0.29, 0.717) is 87.1 Å². The molecular formula is C34H46N4O8. The van der Waals surface area contributed by atoms with E-state index in [1.165, 1.54) is 6.92 Å². The Labute approximate surface area is 270 Å². The predicted molar refractivity (Wildman–Crippen MR) is 175 cm³/mol. The van der Waals surface area contributed by atoms with E-state index >= 15 is 0 Å². The number of piperazine rings is 1. The molecule has 3 amide bonds. The third-order valence-electron chi connectivity index (χ3n) is 8.46. The standard InChI is InChI=1S/C34H46N4O8/c1-6-46-34(42)38-18-16-37(17-19-38)30(41)10-8-7-9-15-35-27-14-12-24-25(21-28(27)40)26(36-22(2)39)13-11-23-20-29(43-3)32(44-4)33(45-5)31(23)24/h12,14,20-21,26H,6-11,13,15-19H2,1-5H3,(H,35,40)(H,36,39). The summed E-state index contributed by atoms with van der Waals surface area (Å²) in [5.74, 6) is 1.41. The fourth-order valence-electron chi connectivity index (χ4n) is 6.17. The van der Waals surface area contributed by atoms with Gasteiger partial charge in [-0.3, -0.25) is 14.4 Å². The monoisotopic (exact) mass is 638 g/mol. The molecule has 2 aromatic rings. The van der Waals surface area contributed by atoms with E-state index in [-0.39, 0.29) is 29.4 Å². The average Bonchev–Trinajstić information content (AvgIpc) is 3.29. The summed E-state index contributed by atoms with van der Waals surface area (Å²) < 4.78 is 22.1. The van der Waals surface area contributed by atoms with E-state index in [1.54, 1.807) is 50.2 Å². The van der Waals surface area contributed by atoms with Crippen molar-refractivity contribution in [1.82, 2.24) is 15.1 Å². The number of carbonyl (C=O) groups is 3. The van der Waals surface area contributed by atoms with Crippen molar-refractivity contribution in [3.05, 3.63) is 45.6 Å². The number of unbranched alkanes of at least 4 members (excludes halogenated alkanes) is 2. The van der Waals surface area contributed by atoms with Crippen LogP contribution in [-0.2, 0) is 20.7 Å². The molecule has 2 aliphatic rings. The topological polar surface area (TPSA) is 136 Å².